The molecule has 1 heterocycles. The summed E-state index contributed by atoms with van der Waals surface area (Å²) >= 11 is 1.66. The van der Waals surface area contributed by atoms with Crippen LogP contribution in [0, 0.1) is 6.92 Å². The van der Waals surface area contributed by atoms with Gasteiger partial charge in [-0.15, -0.1) is 11.3 Å². The Hall–Kier alpha value is -1.14. The van der Waals surface area contributed by atoms with E-state index in [2.05, 4.69) is 20.7 Å². The Morgan fingerprint density at radius 3 is 2.57 bits per heavy atom. The van der Waals surface area contributed by atoms with E-state index in [1.54, 1.807) is 11.3 Å². The summed E-state index contributed by atoms with van der Waals surface area (Å²) in [5, 5.41) is 16.8. The number of aryl methyl sites for hydroxylation is 1. The minimum atomic E-state index is -0.710. The highest BCUT2D eigenvalue weighted by atomic mass is 32.1. The monoisotopic (exact) mass is 312 g/mol. The van der Waals surface area contributed by atoms with Gasteiger partial charge < -0.3 is 15.3 Å². The zero-order valence-corrected chi connectivity index (χ0v) is 14.6. The van der Waals surface area contributed by atoms with Gasteiger partial charge in [0.25, 0.3) is 0 Å². The highest BCUT2D eigenvalue weighted by Gasteiger charge is 2.22. The normalized spacial score (nSPS) is 12.6. The molecule has 0 unspecified atom stereocenters. The smallest absolute Gasteiger partial charge is 0.194 e. The maximum atomic E-state index is 10.4. The first-order chi connectivity index (χ1) is 9.94. The average Bonchev–Trinajstić information content (AvgIpc) is 2.88. The van der Waals surface area contributed by atoms with E-state index in [4.69, 9.17) is 0 Å². The molecular weight excluding hydrogens is 284 g/mol. The second-order valence-corrected chi connectivity index (χ2v) is 6.38. The molecule has 1 aromatic rings. The number of thiazole rings is 1. The summed E-state index contributed by atoms with van der Waals surface area (Å²) < 4.78 is 0. The van der Waals surface area contributed by atoms with Crippen LogP contribution in [0.3, 0.4) is 0 Å². The maximum absolute atomic E-state index is 10.4. The largest absolute Gasteiger partial charge is 0.388 e. The molecule has 0 atom stereocenters. The Morgan fingerprint density at radius 1 is 1.43 bits per heavy atom. The molecule has 0 radical (unpaired) electrons. The second kappa shape index (κ2) is 8.34. The standard InChI is InChI=1S/C15H28N4OS/c1-6-15(20,7-2)11-17-14(16-8-3)19(5)9-13-10-21-12(4)18-13/h10,20H,6-9,11H2,1-5H3,(H,16,17). The Kier molecular flexibility index (Phi) is 7.11. The maximum Gasteiger partial charge on any atom is 0.194 e. The van der Waals surface area contributed by atoms with Gasteiger partial charge in [0.2, 0.25) is 0 Å². The number of hydrogen-bond donors (Lipinski definition) is 2. The lowest BCUT2D eigenvalue weighted by Gasteiger charge is -2.26. The van der Waals surface area contributed by atoms with Crippen molar-refractivity contribution in [2.24, 2.45) is 4.99 Å². The summed E-state index contributed by atoms with van der Waals surface area (Å²) in [6, 6.07) is 0. The van der Waals surface area contributed by atoms with E-state index in [1.165, 1.54) is 0 Å². The van der Waals surface area contributed by atoms with Gasteiger partial charge in [0.15, 0.2) is 5.96 Å². The van der Waals surface area contributed by atoms with Crippen LogP contribution in [0.2, 0.25) is 0 Å². The van der Waals surface area contributed by atoms with Crippen molar-refractivity contribution in [1.29, 1.82) is 0 Å². The van der Waals surface area contributed by atoms with Crippen molar-refractivity contribution in [3.05, 3.63) is 16.1 Å². The molecule has 0 aliphatic heterocycles. The van der Waals surface area contributed by atoms with Crippen LogP contribution < -0.4 is 5.32 Å². The van der Waals surface area contributed by atoms with Crippen molar-refractivity contribution < 1.29 is 5.11 Å². The van der Waals surface area contributed by atoms with E-state index in [0.717, 1.165) is 23.2 Å². The molecule has 21 heavy (non-hydrogen) atoms. The van der Waals surface area contributed by atoms with Gasteiger partial charge in [-0.2, -0.15) is 0 Å². The van der Waals surface area contributed by atoms with E-state index >= 15 is 0 Å². The number of hydrogen-bond acceptors (Lipinski definition) is 4. The molecule has 2 N–H and O–H groups in total. The van der Waals surface area contributed by atoms with Crippen molar-refractivity contribution in [3.63, 3.8) is 0 Å². The molecule has 120 valence electrons. The molecule has 0 saturated carbocycles. The van der Waals surface area contributed by atoms with Crippen molar-refractivity contribution in [2.75, 3.05) is 20.1 Å². The Bertz CT molecular complexity index is 454. The lowest BCUT2D eigenvalue weighted by molar-refractivity contribution is 0.0416. The van der Waals surface area contributed by atoms with Crippen molar-refractivity contribution >= 4 is 17.3 Å². The van der Waals surface area contributed by atoms with E-state index in [0.29, 0.717) is 25.9 Å². The first-order valence-electron chi connectivity index (χ1n) is 7.57. The van der Waals surface area contributed by atoms with Gasteiger partial charge in [-0.3, -0.25) is 4.99 Å². The predicted molar refractivity (Wildman–Crippen MR) is 89.8 cm³/mol. The quantitative estimate of drug-likeness (QED) is 0.599. The van der Waals surface area contributed by atoms with Crippen molar-refractivity contribution in [3.8, 4) is 0 Å². The summed E-state index contributed by atoms with van der Waals surface area (Å²) in [6.45, 7) is 9.98. The topological polar surface area (TPSA) is 60.8 Å². The van der Waals surface area contributed by atoms with E-state index in [-0.39, 0.29) is 0 Å². The van der Waals surface area contributed by atoms with Crippen LogP contribution >= 0.6 is 11.3 Å². The lowest BCUT2D eigenvalue weighted by Crippen LogP contribution is -2.40. The van der Waals surface area contributed by atoms with E-state index in [9.17, 15) is 5.11 Å². The van der Waals surface area contributed by atoms with Gasteiger partial charge in [0, 0.05) is 19.0 Å². The lowest BCUT2D eigenvalue weighted by atomic mass is 9.98. The molecule has 0 spiro atoms. The number of nitrogens with zero attached hydrogens (tertiary/aromatic N) is 3. The Morgan fingerprint density at radius 2 is 2.10 bits per heavy atom. The van der Waals surface area contributed by atoms with Gasteiger partial charge in [-0.25, -0.2) is 4.98 Å². The van der Waals surface area contributed by atoms with Crippen LogP contribution in [0.25, 0.3) is 0 Å². The summed E-state index contributed by atoms with van der Waals surface area (Å²) in [6.07, 6.45) is 1.42. The van der Waals surface area contributed by atoms with Crippen LogP contribution in [0.4, 0.5) is 0 Å². The van der Waals surface area contributed by atoms with Crippen LogP contribution in [0.5, 0.6) is 0 Å². The van der Waals surface area contributed by atoms with Crippen LogP contribution in [0.1, 0.15) is 44.3 Å². The first-order valence-corrected chi connectivity index (χ1v) is 8.44. The molecular formula is C15H28N4OS. The molecule has 6 heteroatoms. The minimum Gasteiger partial charge on any atom is -0.388 e. The average molecular weight is 312 g/mol. The molecule has 0 aliphatic rings. The third-order valence-electron chi connectivity index (χ3n) is 3.60. The number of guanidine groups is 1. The van der Waals surface area contributed by atoms with Gasteiger partial charge in [-0.1, -0.05) is 13.8 Å². The number of aliphatic imine (C=N–C) groups is 1. The molecule has 5 nitrogen and oxygen atoms in total. The molecule has 1 rings (SSSR count). The van der Waals surface area contributed by atoms with Crippen LogP contribution in [-0.4, -0.2) is 46.7 Å². The molecule has 0 amide bonds. The second-order valence-electron chi connectivity index (χ2n) is 5.32. The highest BCUT2D eigenvalue weighted by Crippen LogP contribution is 2.15. The molecule has 1 aromatic heterocycles. The SMILES string of the molecule is CCNC(=NCC(O)(CC)CC)N(C)Cc1csc(C)n1. The summed E-state index contributed by atoms with van der Waals surface area (Å²) in [7, 11) is 1.99. The molecule has 0 aliphatic carbocycles. The van der Waals surface area contributed by atoms with Gasteiger partial charge in [-0.05, 0) is 26.7 Å². The van der Waals surface area contributed by atoms with Gasteiger partial charge >= 0.3 is 0 Å². The van der Waals surface area contributed by atoms with Crippen LogP contribution in [0.15, 0.2) is 10.4 Å². The third kappa shape index (κ3) is 5.63. The number of aromatic nitrogens is 1. The van der Waals surface area contributed by atoms with Crippen molar-refractivity contribution in [2.45, 2.75) is 52.7 Å². The molecule has 0 saturated heterocycles. The molecule has 0 bridgehead atoms. The van der Waals surface area contributed by atoms with Crippen molar-refractivity contribution in [1.82, 2.24) is 15.2 Å². The number of aliphatic hydroxyl groups is 1. The minimum absolute atomic E-state index is 0.419. The third-order valence-corrected chi connectivity index (χ3v) is 4.42. The number of nitrogens with one attached hydrogen (secondary N) is 1. The zero-order chi connectivity index (χ0) is 15.9. The fraction of sp³-hybridized carbons (Fsp3) is 0.733. The molecule has 0 aromatic carbocycles. The van der Waals surface area contributed by atoms with E-state index in [1.807, 2.05) is 39.6 Å². The summed E-state index contributed by atoms with van der Waals surface area (Å²) in [5.74, 6) is 0.809. The highest BCUT2D eigenvalue weighted by molar-refractivity contribution is 7.09. The van der Waals surface area contributed by atoms with Gasteiger partial charge in [0.05, 0.1) is 29.4 Å². The number of rotatable bonds is 7. The summed E-state index contributed by atoms with van der Waals surface area (Å²) in [4.78, 5) is 11.1. The summed E-state index contributed by atoms with van der Waals surface area (Å²) in [5.41, 5.74) is 0.338. The van der Waals surface area contributed by atoms with Crippen LogP contribution in [-0.2, 0) is 6.54 Å². The van der Waals surface area contributed by atoms with E-state index < -0.39 is 5.60 Å². The molecule has 0 fully saturated rings. The fourth-order valence-electron chi connectivity index (χ4n) is 1.96. The fourth-order valence-corrected chi connectivity index (χ4v) is 2.57. The predicted octanol–water partition coefficient (Wildman–Crippen LogP) is 2.40. The Labute approximate surface area is 132 Å². The van der Waals surface area contributed by atoms with Gasteiger partial charge in [0.1, 0.15) is 0 Å². The Balaban J connectivity index is 2.74. The first kappa shape index (κ1) is 17.9. The zero-order valence-electron chi connectivity index (χ0n) is 13.8.